The Bertz CT molecular complexity index is 947. The van der Waals surface area contributed by atoms with Gasteiger partial charge in [0.15, 0.2) is 5.78 Å². The SMILES string of the molecule is COc1ccc(/C=C/C(=O)c2ccc(N3Cc4ccccc4C3)cc2)cc1. The van der Waals surface area contributed by atoms with Crippen LogP contribution in [0.4, 0.5) is 5.69 Å². The molecule has 0 amide bonds. The molecule has 3 aromatic carbocycles. The van der Waals surface area contributed by atoms with E-state index in [1.54, 1.807) is 13.2 Å². The number of carbonyl (C=O) groups is 1. The highest BCUT2D eigenvalue weighted by Gasteiger charge is 2.18. The van der Waals surface area contributed by atoms with Crippen LogP contribution < -0.4 is 9.64 Å². The van der Waals surface area contributed by atoms with Gasteiger partial charge >= 0.3 is 0 Å². The van der Waals surface area contributed by atoms with Crippen LogP contribution in [0.25, 0.3) is 6.08 Å². The van der Waals surface area contributed by atoms with Crippen molar-refractivity contribution >= 4 is 17.5 Å². The van der Waals surface area contributed by atoms with Crippen LogP contribution in [0.5, 0.6) is 5.75 Å². The Morgan fingerprint density at radius 2 is 1.52 bits per heavy atom. The molecule has 0 saturated heterocycles. The number of fused-ring (bicyclic) bond motifs is 1. The van der Waals surface area contributed by atoms with E-state index in [2.05, 4.69) is 29.2 Å². The number of rotatable bonds is 5. The second-order valence-electron chi connectivity index (χ2n) is 6.64. The number of hydrogen-bond donors (Lipinski definition) is 0. The molecular formula is C24H21NO2. The van der Waals surface area contributed by atoms with Gasteiger partial charge in [0.1, 0.15) is 5.75 Å². The molecule has 134 valence electrons. The topological polar surface area (TPSA) is 29.5 Å². The summed E-state index contributed by atoms with van der Waals surface area (Å²) in [6.45, 7) is 1.83. The third kappa shape index (κ3) is 3.77. The van der Waals surface area contributed by atoms with Crippen LogP contribution in [0.2, 0.25) is 0 Å². The van der Waals surface area contributed by atoms with Crippen LogP contribution >= 0.6 is 0 Å². The molecule has 0 spiro atoms. The molecular weight excluding hydrogens is 334 g/mol. The Balaban J connectivity index is 1.42. The zero-order valence-corrected chi connectivity index (χ0v) is 15.3. The lowest BCUT2D eigenvalue weighted by Gasteiger charge is -2.17. The molecule has 3 nitrogen and oxygen atoms in total. The quantitative estimate of drug-likeness (QED) is 0.470. The van der Waals surface area contributed by atoms with Gasteiger partial charge in [-0.25, -0.2) is 0 Å². The standard InChI is InChI=1S/C24H21NO2/c1-27-23-13-6-18(7-14-23)8-15-24(26)19-9-11-22(12-10-19)25-16-20-4-2-3-5-21(20)17-25/h2-15H,16-17H2,1H3/b15-8+. The Morgan fingerprint density at radius 3 is 2.11 bits per heavy atom. The molecule has 1 heterocycles. The molecule has 0 N–H and O–H groups in total. The number of ether oxygens (including phenoxy) is 1. The van der Waals surface area contributed by atoms with E-state index >= 15 is 0 Å². The van der Waals surface area contributed by atoms with Gasteiger partial charge in [0.25, 0.3) is 0 Å². The Labute approximate surface area is 159 Å². The summed E-state index contributed by atoms with van der Waals surface area (Å²) in [5.41, 5.74) is 5.55. The Morgan fingerprint density at radius 1 is 0.889 bits per heavy atom. The number of benzene rings is 3. The van der Waals surface area contributed by atoms with E-state index in [9.17, 15) is 4.79 Å². The monoisotopic (exact) mass is 355 g/mol. The van der Waals surface area contributed by atoms with Gasteiger partial charge in [-0.2, -0.15) is 0 Å². The van der Waals surface area contributed by atoms with Crippen molar-refractivity contribution in [2.75, 3.05) is 12.0 Å². The van der Waals surface area contributed by atoms with Crippen molar-refractivity contribution in [2.24, 2.45) is 0 Å². The predicted molar refractivity (Wildman–Crippen MR) is 109 cm³/mol. The van der Waals surface area contributed by atoms with Crippen molar-refractivity contribution in [3.63, 3.8) is 0 Å². The summed E-state index contributed by atoms with van der Waals surface area (Å²) in [4.78, 5) is 14.8. The molecule has 0 radical (unpaired) electrons. The minimum absolute atomic E-state index is 0.00192. The van der Waals surface area contributed by atoms with E-state index in [-0.39, 0.29) is 5.78 Å². The summed E-state index contributed by atoms with van der Waals surface area (Å²) in [6, 6.07) is 24.0. The number of ketones is 1. The predicted octanol–water partition coefficient (Wildman–Crippen LogP) is 5.11. The zero-order chi connectivity index (χ0) is 18.6. The normalized spacial score (nSPS) is 13.0. The number of allylic oxidation sites excluding steroid dienone is 1. The number of carbonyl (C=O) groups excluding carboxylic acids is 1. The zero-order valence-electron chi connectivity index (χ0n) is 15.3. The fourth-order valence-electron chi connectivity index (χ4n) is 3.34. The third-order valence-corrected chi connectivity index (χ3v) is 4.90. The van der Waals surface area contributed by atoms with Gasteiger partial charge in [-0.1, -0.05) is 42.5 Å². The summed E-state index contributed by atoms with van der Waals surface area (Å²) in [5, 5.41) is 0. The van der Waals surface area contributed by atoms with Crippen molar-refractivity contribution in [2.45, 2.75) is 13.1 Å². The van der Waals surface area contributed by atoms with Gasteiger partial charge in [-0.3, -0.25) is 4.79 Å². The Kier molecular flexibility index (Phi) is 4.75. The van der Waals surface area contributed by atoms with E-state index in [0.717, 1.165) is 30.1 Å². The number of methoxy groups -OCH3 is 1. The molecule has 0 aliphatic carbocycles. The maximum Gasteiger partial charge on any atom is 0.185 e. The van der Waals surface area contributed by atoms with Crippen molar-refractivity contribution < 1.29 is 9.53 Å². The maximum atomic E-state index is 12.4. The molecule has 0 unspecified atom stereocenters. The summed E-state index contributed by atoms with van der Waals surface area (Å²) in [7, 11) is 1.64. The van der Waals surface area contributed by atoms with Gasteiger partial charge in [0.2, 0.25) is 0 Å². The largest absolute Gasteiger partial charge is 0.497 e. The third-order valence-electron chi connectivity index (χ3n) is 4.90. The summed E-state index contributed by atoms with van der Waals surface area (Å²) in [5.74, 6) is 0.806. The molecule has 4 rings (SSSR count). The molecule has 3 aromatic rings. The van der Waals surface area contributed by atoms with Crippen molar-refractivity contribution in [1.82, 2.24) is 0 Å². The van der Waals surface area contributed by atoms with E-state index in [4.69, 9.17) is 4.74 Å². The first-order valence-corrected chi connectivity index (χ1v) is 9.01. The van der Waals surface area contributed by atoms with Crippen LogP contribution in [-0.2, 0) is 13.1 Å². The molecule has 0 fully saturated rings. The van der Waals surface area contributed by atoms with Gasteiger partial charge in [0, 0.05) is 24.3 Å². The van der Waals surface area contributed by atoms with Crippen LogP contribution in [0.15, 0.2) is 78.9 Å². The second-order valence-corrected chi connectivity index (χ2v) is 6.64. The van der Waals surface area contributed by atoms with Crippen LogP contribution in [0.1, 0.15) is 27.0 Å². The average Bonchev–Trinajstić information content (AvgIpc) is 3.17. The first-order valence-electron chi connectivity index (χ1n) is 9.01. The first kappa shape index (κ1) is 17.1. The van der Waals surface area contributed by atoms with Crippen molar-refractivity contribution in [1.29, 1.82) is 0 Å². The lowest BCUT2D eigenvalue weighted by Crippen LogP contribution is -2.14. The van der Waals surface area contributed by atoms with E-state index in [1.165, 1.54) is 11.1 Å². The number of hydrogen-bond acceptors (Lipinski definition) is 3. The van der Waals surface area contributed by atoms with E-state index in [0.29, 0.717) is 5.56 Å². The van der Waals surface area contributed by atoms with Gasteiger partial charge in [-0.15, -0.1) is 0 Å². The lowest BCUT2D eigenvalue weighted by molar-refractivity contribution is 0.104. The molecule has 3 heteroatoms. The molecule has 0 atom stereocenters. The van der Waals surface area contributed by atoms with E-state index < -0.39 is 0 Å². The highest BCUT2D eigenvalue weighted by Crippen LogP contribution is 2.28. The number of nitrogens with zero attached hydrogens (tertiary/aromatic N) is 1. The molecule has 0 saturated carbocycles. The fraction of sp³-hybridized carbons (Fsp3) is 0.125. The minimum Gasteiger partial charge on any atom is -0.497 e. The maximum absolute atomic E-state index is 12.4. The summed E-state index contributed by atoms with van der Waals surface area (Å²) in [6.07, 6.45) is 3.44. The first-order chi connectivity index (χ1) is 13.2. The van der Waals surface area contributed by atoms with Crippen molar-refractivity contribution in [3.8, 4) is 5.75 Å². The highest BCUT2D eigenvalue weighted by atomic mass is 16.5. The summed E-state index contributed by atoms with van der Waals surface area (Å²) < 4.78 is 5.14. The van der Waals surface area contributed by atoms with Crippen LogP contribution in [0, 0.1) is 0 Å². The molecule has 1 aliphatic rings. The fourth-order valence-corrected chi connectivity index (χ4v) is 3.34. The smallest absolute Gasteiger partial charge is 0.185 e. The van der Waals surface area contributed by atoms with Gasteiger partial charge < -0.3 is 9.64 Å². The number of anilines is 1. The van der Waals surface area contributed by atoms with Crippen molar-refractivity contribution in [3.05, 3.63) is 101 Å². The summed E-state index contributed by atoms with van der Waals surface area (Å²) >= 11 is 0. The lowest BCUT2D eigenvalue weighted by atomic mass is 10.1. The molecule has 27 heavy (non-hydrogen) atoms. The second kappa shape index (κ2) is 7.50. The van der Waals surface area contributed by atoms with E-state index in [1.807, 2.05) is 54.6 Å². The molecule has 1 aliphatic heterocycles. The average molecular weight is 355 g/mol. The van der Waals surface area contributed by atoms with Crippen LogP contribution in [0.3, 0.4) is 0 Å². The molecule has 0 bridgehead atoms. The highest BCUT2D eigenvalue weighted by molar-refractivity contribution is 6.07. The Hall–Kier alpha value is -3.33. The van der Waals surface area contributed by atoms with Gasteiger partial charge in [0.05, 0.1) is 7.11 Å². The molecule has 0 aromatic heterocycles. The van der Waals surface area contributed by atoms with Crippen LogP contribution in [-0.4, -0.2) is 12.9 Å². The van der Waals surface area contributed by atoms with Gasteiger partial charge in [-0.05, 0) is 59.2 Å². The minimum atomic E-state index is 0.00192.